The molecule has 1 saturated carbocycles. The molecule has 1 aliphatic carbocycles. The monoisotopic (exact) mass is 317 g/mol. The van der Waals surface area contributed by atoms with Crippen LogP contribution in [0.15, 0.2) is 24.3 Å². The maximum absolute atomic E-state index is 12.1. The fourth-order valence-corrected chi connectivity index (χ4v) is 2.15. The highest BCUT2D eigenvalue weighted by molar-refractivity contribution is 5.97. The summed E-state index contributed by atoms with van der Waals surface area (Å²) in [6.45, 7) is 4.29. The Bertz CT molecular complexity index is 597. The number of aryl methyl sites for hydroxylation is 1. The SMILES string of the molecule is Cc1cccc(C(=O)NC(C)C(=O)NCCNC(=O)C2CC2)c1. The highest BCUT2D eigenvalue weighted by Crippen LogP contribution is 2.28. The number of nitrogens with one attached hydrogen (secondary N) is 3. The molecule has 0 aromatic heterocycles. The zero-order valence-electron chi connectivity index (χ0n) is 13.5. The van der Waals surface area contributed by atoms with Gasteiger partial charge in [0, 0.05) is 24.6 Å². The van der Waals surface area contributed by atoms with Crippen molar-refractivity contribution in [3.63, 3.8) is 0 Å². The van der Waals surface area contributed by atoms with Gasteiger partial charge in [-0.2, -0.15) is 0 Å². The smallest absolute Gasteiger partial charge is 0.251 e. The average molecular weight is 317 g/mol. The number of carbonyl (C=O) groups excluding carboxylic acids is 3. The number of hydrogen-bond acceptors (Lipinski definition) is 3. The van der Waals surface area contributed by atoms with Crippen molar-refractivity contribution in [3.05, 3.63) is 35.4 Å². The molecule has 0 spiro atoms. The molecule has 0 saturated heterocycles. The third-order valence-corrected chi connectivity index (χ3v) is 3.69. The summed E-state index contributed by atoms with van der Waals surface area (Å²) in [5.74, 6) is -0.330. The van der Waals surface area contributed by atoms with Gasteiger partial charge < -0.3 is 16.0 Å². The van der Waals surface area contributed by atoms with Crippen LogP contribution >= 0.6 is 0 Å². The minimum atomic E-state index is -0.637. The highest BCUT2D eigenvalue weighted by atomic mass is 16.2. The van der Waals surface area contributed by atoms with Crippen molar-refractivity contribution < 1.29 is 14.4 Å². The molecule has 1 fully saturated rings. The Kier molecular flexibility index (Phi) is 5.73. The van der Waals surface area contributed by atoms with Gasteiger partial charge in [0.2, 0.25) is 11.8 Å². The van der Waals surface area contributed by atoms with Gasteiger partial charge >= 0.3 is 0 Å². The van der Waals surface area contributed by atoms with Crippen LogP contribution in [0, 0.1) is 12.8 Å². The van der Waals surface area contributed by atoms with E-state index in [2.05, 4.69) is 16.0 Å². The normalized spacial score (nSPS) is 14.7. The molecule has 0 aliphatic heterocycles. The molecular formula is C17H23N3O3. The summed E-state index contributed by atoms with van der Waals surface area (Å²) < 4.78 is 0. The summed E-state index contributed by atoms with van der Waals surface area (Å²) in [5.41, 5.74) is 1.52. The van der Waals surface area contributed by atoms with E-state index in [1.54, 1.807) is 25.1 Å². The topological polar surface area (TPSA) is 87.3 Å². The average Bonchev–Trinajstić information content (AvgIpc) is 3.35. The van der Waals surface area contributed by atoms with E-state index in [4.69, 9.17) is 0 Å². The molecule has 0 heterocycles. The predicted molar refractivity (Wildman–Crippen MR) is 86.9 cm³/mol. The lowest BCUT2D eigenvalue weighted by atomic mass is 10.1. The summed E-state index contributed by atoms with van der Waals surface area (Å²) in [5, 5.41) is 8.13. The zero-order valence-corrected chi connectivity index (χ0v) is 13.5. The van der Waals surface area contributed by atoms with Crippen LogP contribution in [0.3, 0.4) is 0 Å². The van der Waals surface area contributed by atoms with Gasteiger partial charge in [0.05, 0.1) is 0 Å². The fraction of sp³-hybridized carbons (Fsp3) is 0.471. The predicted octanol–water partition coefficient (Wildman–Crippen LogP) is 0.756. The molecule has 1 aromatic rings. The molecule has 23 heavy (non-hydrogen) atoms. The van der Waals surface area contributed by atoms with Crippen LogP contribution in [-0.2, 0) is 9.59 Å². The molecule has 3 N–H and O–H groups in total. The van der Waals surface area contributed by atoms with Gasteiger partial charge in [0.25, 0.3) is 5.91 Å². The van der Waals surface area contributed by atoms with Gasteiger partial charge in [-0.15, -0.1) is 0 Å². The molecule has 6 heteroatoms. The van der Waals surface area contributed by atoms with E-state index in [0.29, 0.717) is 18.7 Å². The van der Waals surface area contributed by atoms with Crippen LogP contribution in [-0.4, -0.2) is 36.9 Å². The third kappa shape index (κ3) is 5.39. The number of amides is 3. The van der Waals surface area contributed by atoms with Crippen molar-refractivity contribution >= 4 is 17.7 Å². The Morgan fingerprint density at radius 2 is 1.87 bits per heavy atom. The molecule has 1 aliphatic rings. The van der Waals surface area contributed by atoms with E-state index in [0.717, 1.165) is 18.4 Å². The second kappa shape index (κ2) is 7.76. The quantitative estimate of drug-likeness (QED) is 0.649. The first-order valence-electron chi connectivity index (χ1n) is 7.90. The van der Waals surface area contributed by atoms with Crippen molar-refractivity contribution in [2.24, 2.45) is 5.92 Å². The maximum Gasteiger partial charge on any atom is 0.251 e. The third-order valence-electron chi connectivity index (χ3n) is 3.69. The minimum Gasteiger partial charge on any atom is -0.354 e. The van der Waals surface area contributed by atoms with Gasteiger partial charge in [0.15, 0.2) is 0 Å². The number of rotatable bonds is 7. The summed E-state index contributed by atoms with van der Waals surface area (Å²) in [7, 11) is 0. The minimum absolute atomic E-state index is 0.0556. The van der Waals surface area contributed by atoms with Crippen LogP contribution in [0.2, 0.25) is 0 Å². The summed E-state index contributed by atoms with van der Waals surface area (Å²) in [4.78, 5) is 35.4. The molecule has 0 radical (unpaired) electrons. The molecule has 3 amide bonds. The Morgan fingerprint density at radius 1 is 1.17 bits per heavy atom. The summed E-state index contributed by atoms with van der Waals surface area (Å²) >= 11 is 0. The second-order valence-electron chi connectivity index (χ2n) is 5.92. The van der Waals surface area contributed by atoms with Crippen LogP contribution in [0.4, 0.5) is 0 Å². The first-order chi connectivity index (χ1) is 11.0. The van der Waals surface area contributed by atoms with Gasteiger partial charge in [-0.3, -0.25) is 14.4 Å². The van der Waals surface area contributed by atoms with Gasteiger partial charge in [-0.25, -0.2) is 0 Å². The van der Waals surface area contributed by atoms with E-state index in [1.807, 2.05) is 13.0 Å². The zero-order chi connectivity index (χ0) is 16.8. The summed E-state index contributed by atoms with van der Waals surface area (Å²) in [6, 6.07) is 6.55. The van der Waals surface area contributed by atoms with Gasteiger partial charge in [0.1, 0.15) is 6.04 Å². The van der Waals surface area contributed by atoms with Gasteiger partial charge in [-0.1, -0.05) is 17.7 Å². The number of benzene rings is 1. The molecular weight excluding hydrogens is 294 g/mol. The Hall–Kier alpha value is -2.37. The molecule has 2 rings (SSSR count). The van der Waals surface area contributed by atoms with Crippen LogP contribution < -0.4 is 16.0 Å². The van der Waals surface area contributed by atoms with Crippen molar-refractivity contribution in [1.29, 1.82) is 0 Å². The van der Waals surface area contributed by atoms with Crippen LogP contribution in [0.1, 0.15) is 35.7 Å². The Morgan fingerprint density at radius 3 is 2.52 bits per heavy atom. The van der Waals surface area contributed by atoms with Crippen molar-refractivity contribution in [1.82, 2.24) is 16.0 Å². The maximum atomic E-state index is 12.1. The van der Waals surface area contributed by atoms with Gasteiger partial charge in [-0.05, 0) is 38.8 Å². The van der Waals surface area contributed by atoms with Crippen molar-refractivity contribution in [3.8, 4) is 0 Å². The Labute approximate surface area is 136 Å². The van der Waals surface area contributed by atoms with E-state index in [-0.39, 0.29) is 23.6 Å². The lowest BCUT2D eigenvalue weighted by Crippen LogP contribution is -2.46. The first-order valence-corrected chi connectivity index (χ1v) is 7.90. The number of hydrogen-bond donors (Lipinski definition) is 3. The molecule has 124 valence electrons. The molecule has 1 aromatic carbocycles. The van der Waals surface area contributed by atoms with Crippen molar-refractivity contribution in [2.75, 3.05) is 13.1 Å². The molecule has 1 unspecified atom stereocenters. The second-order valence-corrected chi connectivity index (χ2v) is 5.92. The lowest BCUT2D eigenvalue weighted by molar-refractivity contribution is -0.124. The van der Waals surface area contributed by atoms with E-state index in [9.17, 15) is 14.4 Å². The van der Waals surface area contributed by atoms with Crippen LogP contribution in [0.5, 0.6) is 0 Å². The highest BCUT2D eigenvalue weighted by Gasteiger charge is 2.29. The van der Waals surface area contributed by atoms with E-state index >= 15 is 0 Å². The Balaban J connectivity index is 1.69. The molecule has 6 nitrogen and oxygen atoms in total. The molecule has 1 atom stereocenters. The summed E-state index contributed by atoms with van der Waals surface area (Å²) in [6.07, 6.45) is 1.92. The van der Waals surface area contributed by atoms with Crippen LogP contribution in [0.25, 0.3) is 0 Å². The van der Waals surface area contributed by atoms with Crippen molar-refractivity contribution in [2.45, 2.75) is 32.7 Å². The van der Waals surface area contributed by atoms with E-state index < -0.39 is 6.04 Å². The molecule has 0 bridgehead atoms. The number of carbonyl (C=O) groups is 3. The largest absolute Gasteiger partial charge is 0.354 e. The van der Waals surface area contributed by atoms with E-state index in [1.165, 1.54) is 0 Å². The lowest BCUT2D eigenvalue weighted by Gasteiger charge is -2.14. The standard InChI is InChI=1S/C17H23N3O3/c1-11-4-3-5-14(10-11)17(23)20-12(2)15(21)18-8-9-19-16(22)13-6-7-13/h3-5,10,12-13H,6-9H2,1-2H3,(H,18,21)(H,19,22)(H,20,23). The first kappa shape index (κ1) is 17.0. The fourth-order valence-electron chi connectivity index (χ4n) is 2.15.